The van der Waals surface area contributed by atoms with Crippen molar-refractivity contribution in [2.45, 2.75) is 39.2 Å². The van der Waals surface area contributed by atoms with Gasteiger partial charge in [-0.15, -0.1) is 0 Å². The molecule has 1 N–H and O–H groups in total. The molecule has 1 aliphatic rings. The van der Waals surface area contributed by atoms with Gasteiger partial charge >= 0.3 is 0 Å². The molecule has 2 atom stereocenters. The maximum atomic E-state index is 3.38. The molecule has 0 aliphatic carbocycles. The van der Waals surface area contributed by atoms with Gasteiger partial charge in [-0.25, -0.2) is 0 Å². The highest BCUT2D eigenvalue weighted by Gasteiger charge is 2.18. The Balaban J connectivity index is 2.25. The van der Waals surface area contributed by atoms with Crippen LogP contribution >= 0.6 is 0 Å². The summed E-state index contributed by atoms with van der Waals surface area (Å²) in [7, 11) is 2.08. The molecule has 1 heterocycles. The second-order valence-corrected chi connectivity index (χ2v) is 4.40. The maximum Gasteiger partial charge on any atom is 0.0192 e. The third kappa shape index (κ3) is 3.65. The molecular formula is C11H24N2. The Kier molecular flexibility index (Phi) is 4.74. The smallest absolute Gasteiger partial charge is 0.0192 e. The van der Waals surface area contributed by atoms with E-state index in [4.69, 9.17) is 0 Å². The first-order chi connectivity index (χ1) is 6.26. The van der Waals surface area contributed by atoms with Crippen LogP contribution in [0.5, 0.6) is 0 Å². The van der Waals surface area contributed by atoms with Crippen LogP contribution < -0.4 is 5.32 Å². The number of hydrogen-bond acceptors (Lipinski definition) is 2. The molecule has 13 heavy (non-hydrogen) atoms. The molecule has 78 valence electrons. The Hall–Kier alpha value is -0.0800. The van der Waals surface area contributed by atoms with Crippen LogP contribution in [0.25, 0.3) is 0 Å². The summed E-state index contributed by atoms with van der Waals surface area (Å²) >= 11 is 0. The summed E-state index contributed by atoms with van der Waals surface area (Å²) in [4.78, 5) is 2.61. The normalized spacial score (nSPS) is 27.5. The monoisotopic (exact) mass is 184 g/mol. The first kappa shape index (κ1) is 11.0. The lowest BCUT2D eigenvalue weighted by atomic mass is 10.0. The van der Waals surface area contributed by atoms with Gasteiger partial charge in [0, 0.05) is 19.1 Å². The molecule has 1 aliphatic heterocycles. The average Bonchev–Trinajstić information content (AvgIpc) is 2.18. The minimum Gasteiger partial charge on any atom is -0.316 e. The number of likely N-dealkylation sites (tertiary alicyclic amines) is 1. The van der Waals surface area contributed by atoms with Crippen molar-refractivity contribution in [3.05, 3.63) is 0 Å². The highest BCUT2D eigenvalue weighted by Crippen LogP contribution is 2.12. The van der Waals surface area contributed by atoms with Crippen LogP contribution in [0.1, 0.15) is 33.1 Å². The van der Waals surface area contributed by atoms with Crippen molar-refractivity contribution >= 4 is 0 Å². The van der Waals surface area contributed by atoms with E-state index in [2.05, 4.69) is 31.1 Å². The Bertz CT molecular complexity index is 134. The second-order valence-electron chi connectivity index (χ2n) is 4.40. The van der Waals surface area contributed by atoms with Crippen LogP contribution in [0.2, 0.25) is 0 Å². The first-order valence-electron chi connectivity index (χ1n) is 5.65. The summed E-state index contributed by atoms with van der Waals surface area (Å²) in [6.07, 6.45) is 4.02. The van der Waals surface area contributed by atoms with Crippen molar-refractivity contribution in [2.75, 3.05) is 26.7 Å². The number of hydrogen-bond donors (Lipinski definition) is 1. The predicted molar refractivity (Wildman–Crippen MR) is 58.0 cm³/mol. The highest BCUT2D eigenvalue weighted by atomic mass is 15.2. The molecule has 0 aromatic carbocycles. The summed E-state index contributed by atoms with van der Waals surface area (Å²) in [5, 5.41) is 3.38. The van der Waals surface area contributed by atoms with Gasteiger partial charge in [0.1, 0.15) is 0 Å². The molecule has 0 aromatic heterocycles. The fraction of sp³-hybridized carbons (Fsp3) is 1.00. The molecule has 1 rings (SSSR count). The molecule has 0 radical (unpaired) electrons. The van der Waals surface area contributed by atoms with E-state index in [-0.39, 0.29) is 0 Å². The number of likely N-dealkylation sites (N-methyl/N-ethyl adjacent to an activating group) is 1. The minimum atomic E-state index is 0.734. The van der Waals surface area contributed by atoms with E-state index in [1.54, 1.807) is 0 Å². The number of nitrogens with one attached hydrogen (secondary N) is 1. The van der Waals surface area contributed by atoms with E-state index < -0.39 is 0 Å². The quantitative estimate of drug-likeness (QED) is 0.715. The van der Waals surface area contributed by atoms with E-state index in [9.17, 15) is 0 Å². The lowest BCUT2D eigenvalue weighted by Gasteiger charge is -2.33. The summed E-state index contributed by atoms with van der Waals surface area (Å²) in [5.41, 5.74) is 0. The van der Waals surface area contributed by atoms with Crippen LogP contribution in [0.4, 0.5) is 0 Å². The van der Waals surface area contributed by atoms with Crippen LogP contribution in [0.15, 0.2) is 0 Å². The van der Waals surface area contributed by atoms with Gasteiger partial charge in [-0.05, 0) is 32.4 Å². The maximum absolute atomic E-state index is 3.38. The molecule has 2 unspecified atom stereocenters. The van der Waals surface area contributed by atoms with Crippen LogP contribution in [-0.2, 0) is 0 Å². The van der Waals surface area contributed by atoms with Gasteiger partial charge in [0.05, 0.1) is 0 Å². The van der Waals surface area contributed by atoms with Gasteiger partial charge in [0.2, 0.25) is 0 Å². The van der Waals surface area contributed by atoms with Crippen molar-refractivity contribution in [1.82, 2.24) is 10.2 Å². The fourth-order valence-corrected chi connectivity index (χ4v) is 2.03. The molecular weight excluding hydrogens is 160 g/mol. The highest BCUT2D eigenvalue weighted by molar-refractivity contribution is 4.77. The third-order valence-corrected chi connectivity index (χ3v) is 3.18. The molecule has 0 bridgehead atoms. The molecule has 2 heteroatoms. The molecule has 0 saturated carbocycles. The van der Waals surface area contributed by atoms with E-state index in [0.717, 1.165) is 12.0 Å². The van der Waals surface area contributed by atoms with Crippen molar-refractivity contribution in [3.63, 3.8) is 0 Å². The second kappa shape index (κ2) is 5.61. The Morgan fingerprint density at radius 2 is 2.31 bits per heavy atom. The lowest BCUT2D eigenvalue weighted by Crippen LogP contribution is -2.45. The molecule has 1 fully saturated rings. The minimum absolute atomic E-state index is 0.734. The molecule has 0 amide bonds. The number of piperidine rings is 1. The van der Waals surface area contributed by atoms with Gasteiger partial charge in [0.15, 0.2) is 0 Å². The first-order valence-corrected chi connectivity index (χ1v) is 5.65. The van der Waals surface area contributed by atoms with E-state index in [0.29, 0.717) is 0 Å². The standard InChI is InChI=1S/C11H24N2/c1-4-10(2)8-13-7-5-6-11(9-13)12-3/h10-12H,4-9H2,1-3H3. The summed E-state index contributed by atoms with van der Waals surface area (Å²) < 4.78 is 0. The van der Waals surface area contributed by atoms with Crippen LogP contribution in [0, 0.1) is 5.92 Å². The van der Waals surface area contributed by atoms with Crippen molar-refractivity contribution < 1.29 is 0 Å². The van der Waals surface area contributed by atoms with Crippen molar-refractivity contribution in [2.24, 2.45) is 5.92 Å². The SMILES string of the molecule is CCC(C)CN1CCCC(NC)C1. The number of nitrogens with zero attached hydrogens (tertiary/aromatic N) is 1. The van der Waals surface area contributed by atoms with E-state index in [1.165, 1.54) is 38.9 Å². The lowest BCUT2D eigenvalue weighted by molar-refractivity contribution is 0.172. The van der Waals surface area contributed by atoms with Gasteiger partial charge in [-0.2, -0.15) is 0 Å². The van der Waals surface area contributed by atoms with E-state index in [1.807, 2.05) is 0 Å². The van der Waals surface area contributed by atoms with Gasteiger partial charge in [-0.1, -0.05) is 20.3 Å². The largest absolute Gasteiger partial charge is 0.316 e. The Morgan fingerprint density at radius 3 is 2.92 bits per heavy atom. The topological polar surface area (TPSA) is 15.3 Å². The summed E-state index contributed by atoms with van der Waals surface area (Å²) in [5.74, 6) is 0.857. The third-order valence-electron chi connectivity index (χ3n) is 3.18. The van der Waals surface area contributed by atoms with Gasteiger partial charge < -0.3 is 10.2 Å². The zero-order valence-electron chi connectivity index (χ0n) is 9.34. The van der Waals surface area contributed by atoms with Gasteiger partial charge in [-0.3, -0.25) is 0 Å². The summed E-state index contributed by atoms with van der Waals surface area (Å²) in [6.45, 7) is 8.48. The van der Waals surface area contributed by atoms with Crippen molar-refractivity contribution in [1.29, 1.82) is 0 Å². The Labute approximate surface area is 82.7 Å². The zero-order chi connectivity index (χ0) is 9.68. The van der Waals surface area contributed by atoms with Crippen LogP contribution in [-0.4, -0.2) is 37.6 Å². The predicted octanol–water partition coefficient (Wildman–Crippen LogP) is 1.72. The molecule has 0 aromatic rings. The summed E-state index contributed by atoms with van der Waals surface area (Å²) in [6, 6.07) is 0.734. The van der Waals surface area contributed by atoms with Crippen molar-refractivity contribution in [3.8, 4) is 0 Å². The Morgan fingerprint density at radius 1 is 1.54 bits per heavy atom. The number of rotatable bonds is 4. The molecule has 2 nitrogen and oxygen atoms in total. The molecule has 1 saturated heterocycles. The fourth-order valence-electron chi connectivity index (χ4n) is 2.03. The van der Waals surface area contributed by atoms with Gasteiger partial charge in [0.25, 0.3) is 0 Å². The molecule has 0 spiro atoms. The van der Waals surface area contributed by atoms with Crippen LogP contribution in [0.3, 0.4) is 0 Å². The average molecular weight is 184 g/mol. The zero-order valence-corrected chi connectivity index (χ0v) is 9.34. The van der Waals surface area contributed by atoms with E-state index >= 15 is 0 Å².